The summed E-state index contributed by atoms with van der Waals surface area (Å²) in [6.45, 7) is 7.83. The standard InChI is InChI=1S/C38H43N5O4/c1-38(2,3)47-37(44)43-22-20-29(21-23-43)41(4)30-16-17-31-33(24-30)42(5)40-35(31)32-18-19-34(45-25-27-12-8-6-9-13-27)39-36(32)46-26-28-14-10-7-11-15-28/h6-19,24,29H,20-23,25-26H2,1-5H3. The minimum absolute atomic E-state index is 0.236. The summed E-state index contributed by atoms with van der Waals surface area (Å²) < 4.78 is 19.9. The van der Waals surface area contributed by atoms with E-state index in [0.717, 1.165) is 51.8 Å². The van der Waals surface area contributed by atoms with E-state index in [4.69, 9.17) is 24.3 Å². The van der Waals surface area contributed by atoms with Gasteiger partial charge in [0.25, 0.3) is 0 Å². The Morgan fingerprint density at radius 2 is 1.51 bits per heavy atom. The molecule has 5 aromatic rings. The van der Waals surface area contributed by atoms with Crippen LogP contribution in [0, 0.1) is 0 Å². The second-order valence-electron chi connectivity index (χ2n) is 13.0. The van der Waals surface area contributed by atoms with Crippen LogP contribution in [0.2, 0.25) is 0 Å². The Morgan fingerprint density at radius 3 is 2.15 bits per heavy atom. The topological polar surface area (TPSA) is 82.0 Å². The van der Waals surface area contributed by atoms with Gasteiger partial charge in [0.05, 0.1) is 11.1 Å². The number of anilines is 1. The van der Waals surface area contributed by atoms with Gasteiger partial charge in [-0.15, -0.1) is 0 Å². The van der Waals surface area contributed by atoms with Crippen LogP contribution in [-0.4, -0.2) is 57.5 Å². The minimum Gasteiger partial charge on any atom is -0.473 e. The Labute approximate surface area is 276 Å². The Morgan fingerprint density at radius 1 is 0.872 bits per heavy atom. The van der Waals surface area contributed by atoms with E-state index in [1.54, 1.807) is 0 Å². The van der Waals surface area contributed by atoms with Crippen molar-refractivity contribution in [3.63, 3.8) is 0 Å². The molecule has 1 aliphatic rings. The average Bonchev–Trinajstić information content (AvgIpc) is 3.41. The maximum atomic E-state index is 12.6. The van der Waals surface area contributed by atoms with Crippen LogP contribution < -0.4 is 14.4 Å². The number of nitrogens with zero attached hydrogens (tertiary/aromatic N) is 5. The van der Waals surface area contributed by atoms with Gasteiger partial charge in [-0.2, -0.15) is 10.1 Å². The van der Waals surface area contributed by atoms with E-state index in [1.807, 2.05) is 110 Å². The van der Waals surface area contributed by atoms with E-state index in [0.29, 0.717) is 44.1 Å². The largest absolute Gasteiger partial charge is 0.473 e. The Balaban J connectivity index is 1.23. The van der Waals surface area contributed by atoms with E-state index in [-0.39, 0.29) is 6.09 Å². The summed E-state index contributed by atoms with van der Waals surface area (Å²) in [5.41, 5.74) is 5.33. The molecular weight excluding hydrogens is 590 g/mol. The highest BCUT2D eigenvalue weighted by Gasteiger charge is 2.29. The second-order valence-corrected chi connectivity index (χ2v) is 13.0. The Kier molecular flexibility index (Phi) is 9.33. The number of rotatable bonds is 9. The van der Waals surface area contributed by atoms with Crippen molar-refractivity contribution >= 4 is 22.7 Å². The van der Waals surface area contributed by atoms with E-state index in [2.05, 4.69) is 30.1 Å². The maximum Gasteiger partial charge on any atom is 0.410 e. The number of hydrogen-bond acceptors (Lipinski definition) is 7. The van der Waals surface area contributed by atoms with Gasteiger partial charge < -0.3 is 24.0 Å². The van der Waals surface area contributed by atoms with Gasteiger partial charge in [0, 0.05) is 50.4 Å². The average molecular weight is 634 g/mol. The highest BCUT2D eigenvalue weighted by Crippen LogP contribution is 2.37. The molecule has 1 saturated heterocycles. The highest BCUT2D eigenvalue weighted by atomic mass is 16.6. The van der Waals surface area contributed by atoms with Crippen LogP contribution in [-0.2, 0) is 25.0 Å². The molecule has 3 heterocycles. The van der Waals surface area contributed by atoms with Crippen LogP contribution in [0.4, 0.5) is 10.5 Å². The molecule has 9 heteroatoms. The van der Waals surface area contributed by atoms with Gasteiger partial charge in [-0.05, 0) is 69.0 Å². The third-order valence-electron chi connectivity index (χ3n) is 8.44. The van der Waals surface area contributed by atoms with Crippen molar-refractivity contribution in [1.29, 1.82) is 0 Å². The Bertz CT molecular complexity index is 1810. The normalized spacial score (nSPS) is 13.9. The molecule has 6 rings (SSSR count). The monoisotopic (exact) mass is 633 g/mol. The highest BCUT2D eigenvalue weighted by molar-refractivity contribution is 5.96. The van der Waals surface area contributed by atoms with Crippen LogP contribution in [0.15, 0.2) is 91.0 Å². The van der Waals surface area contributed by atoms with Crippen LogP contribution in [0.3, 0.4) is 0 Å². The first kappa shape index (κ1) is 31.9. The zero-order valence-corrected chi connectivity index (χ0v) is 27.8. The van der Waals surface area contributed by atoms with Crippen LogP contribution in [0.25, 0.3) is 22.2 Å². The third kappa shape index (κ3) is 7.68. The first-order chi connectivity index (χ1) is 22.6. The molecule has 47 heavy (non-hydrogen) atoms. The number of aromatic nitrogens is 3. The van der Waals surface area contributed by atoms with E-state index < -0.39 is 5.60 Å². The fourth-order valence-corrected chi connectivity index (χ4v) is 5.89. The molecule has 9 nitrogen and oxygen atoms in total. The van der Waals surface area contributed by atoms with Gasteiger partial charge in [-0.3, -0.25) is 4.68 Å². The summed E-state index contributed by atoms with van der Waals surface area (Å²) >= 11 is 0. The quantitative estimate of drug-likeness (QED) is 0.165. The van der Waals surface area contributed by atoms with Crippen molar-refractivity contribution < 1.29 is 19.0 Å². The number of likely N-dealkylation sites (tertiary alicyclic amines) is 1. The smallest absolute Gasteiger partial charge is 0.410 e. The van der Waals surface area contributed by atoms with Gasteiger partial charge in [-0.1, -0.05) is 60.7 Å². The lowest BCUT2D eigenvalue weighted by atomic mass is 10.0. The molecule has 3 aromatic carbocycles. The zero-order chi connectivity index (χ0) is 33.0. The fourth-order valence-electron chi connectivity index (χ4n) is 5.89. The lowest BCUT2D eigenvalue weighted by Crippen LogP contribution is -2.47. The second kappa shape index (κ2) is 13.7. The van der Waals surface area contributed by atoms with Crippen molar-refractivity contribution in [1.82, 2.24) is 19.7 Å². The summed E-state index contributed by atoms with van der Waals surface area (Å²) in [4.78, 5) is 21.5. The van der Waals surface area contributed by atoms with Crippen molar-refractivity contribution in [2.45, 2.75) is 58.5 Å². The lowest BCUT2D eigenvalue weighted by Gasteiger charge is -2.38. The number of fused-ring (bicyclic) bond motifs is 1. The number of benzene rings is 3. The number of carbonyl (C=O) groups excluding carboxylic acids is 1. The molecule has 0 bridgehead atoms. The summed E-state index contributed by atoms with van der Waals surface area (Å²) in [7, 11) is 4.09. The predicted molar refractivity (Wildman–Crippen MR) is 185 cm³/mol. The summed E-state index contributed by atoms with van der Waals surface area (Å²) in [6, 6.07) is 30.7. The van der Waals surface area contributed by atoms with Gasteiger partial charge in [-0.25, -0.2) is 4.79 Å². The van der Waals surface area contributed by atoms with E-state index in [9.17, 15) is 4.79 Å². The maximum absolute atomic E-state index is 12.6. The molecule has 1 fully saturated rings. The van der Waals surface area contributed by atoms with Gasteiger partial charge in [0.2, 0.25) is 11.8 Å². The molecule has 1 amide bonds. The molecule has 0 radical (unpaired) electrons. The molecular formula is C38H43N5O4. The molecule has 0 saturated carbocycles. The number of ether oxygens (including phenoxy) is 3. The molecule has 0 atom stereocenters. The van der Waals surface area contributed by atoms with Crippen LogP contribution in [0.1, 0.15) is 44.7 Å². The third-order valence-corrected chi connectivity index (χ3v) is 8.44. The fraction of sp³-hybridized carbons (Fsp3) is 0.342. The van der Waals surface area contributed by atoms with E-state index in [1.165, 1.54) is 0 Å². The molecule has 2 aromatic heterocycles. The molecule has 0 spiro atoms. The lowest BCUT2D eigenvalue weighted by molar-refractivity contribution is 0.0205. The Hall–Kier alpha value is -5.05. The molecule has 0 N–H and O–H groups in total. The van der Waals surface area contributed by atoms with Crippen LogP contribution >= 0.6 is 0 Å². The van der Waals surface area contributed by atoms with Crippen molar-refractivity contribution in [3.8, 4) is 23.0 Å². The summed E-state index contributed by atoms with van der Waals surface area (Å²) in [5.74, 6) is 0.958. The summed E-state index contributed by atoms with van der Waals surface area (Å²) in [5, 5.41) is 5.96. The van der Waals surface area contributed by atoms with E-state index >= 15 is 0 Å². The minimum atomic E-state index is -0.495. The molecule has 0 unspecified atom stereocenters. The predicted octanol–water partition coefficient (Wildman–Crippen LogP) is 7.63. The van der Waals surface area contributed by atoms with Crippen molar-refractivity contribution in [3.05, 3.63) is 102 Å². The van der Waals surface area contributed by atoms with Crippen LogP contribution in [0.5, 0.6) is 11.8 Å². The van der Waals surface area contributed by atoms with Gasteiger partial charge in [0.1, 0.15) is 24.5 Å². The number of piperidine rings is 1. The number of aryl methyl sites for hydroxylation is 1. The number of hydrogen-bond donors (Lipinski definition) is 0. The van der Waals surface area contributed by atoms with Crippen molar-refractivity contribution in [2.75, 3.05) is 25.0 Å². The first-order valence-corrected chi connectivity index (χ1v) is 16.2. The van der Waals surface area contributed by atoms with Gasteiger partial charge in [0.15, 0.2) is 0 Å². The number of carbonyl (C=O) groups is 1. The molecule has 1 aliphatic heterocycles. The molecule has 244 valence electrons. The van der Waals surface area contributed by atoms with Gasteiger partial charge >= 0.3 is 6.09 Å². The summed E-state index contributed by atoms with van der Waals surface area (Å²) in [6.07, 6.45) is 1.51. The van der Waals surface area contributed by atoms with Crippen molar-refractivity contribution in [2.24, 2.45) is 7.05 Å². The SMILES string of the molecule is CN(c1ccc2c(-c3ccc(OCc4ccccc4)nc3OCc3ccccc3)nn(C)c2c1)C1CCN(C(=O)OC(C)(C)C)CC1. The number of amides is 1. The first-order valence-electron chi connectivity index (χ1n) is 16.2. The zero-order valence-electron chi connectivity index (χ0n) is 27.8. The number of pyridine rings is 1. The molecule has 0 aliphatic carbocycles.